The Labute approximate surface area is 217 Å². The van der Waals surface area contributed by atoms with Crippen LogP contribution < -0.4 is 0 Å². The van der Waals surface area contributed by atoms with Crippen molar-refractivity contribution >= 4 is 69.8 Å². The number of fused-ring (bicyclic) bond motifs is 2. The Morgan fingerprint density at radius 3 is 1.11 bits per heavy atom. The van der Waals surface area contributed by atoms with Gasteiger partial charge in [-0.05, 0) is 70.1 Å². The molecule has 38 heavy (non-hydrogen) atoms. The average molecular weight is 539 g/mol. The van der Waals surface area contributed by atoms with Crippen LogP contribution in [-0.2, 0) is 4.74 Å². The van der Waals surface area contributed by atoms with Crippen molar-refractivity contribution in [3.63, 3.8) is 0 Å². The molecule has 0 amide bonds. The Balaban J connectivity index is 0.00000400. The third kappa shape index (κ3) is 5.13. The fourth-order valence-electron chi connectivity index (χ4n) is 3.75. The highest BCUT2D eigenvalue weighted by molar-refractivity contribution is 6.14. The van der Waals surface area contributed by atoms with Gasteiger partial charge >= 0.3 is 35.8 Å². The number of hydrogen-bond acceptors (Lipinski definition) is 7. The molecular weight excluding hydrogens is 524 g/mol. The maximum atomic E-state index is 12.8. The quantitative estimate of drug-likeness (QED) is 0.203. The third-order valence-corrected chi connectivity index (χ3v) is 5.53. The summed E-state index contributed by atoms with van der Waals surface area (Å²) in [5.74, 6) is -8.32. The second-order valence-corrected chi connectivity index (χ2v) is 7.82. The molecule has 0 aliphatic carbocycles. The lowest BCUT2D eigenvalue weighted by molar-refractivity contribution is 0.0386. The predicted octanol–water partition coefficient (Wildman–Crippen LogP) is 4.20. The summed E-state index contributed by atoms with van der Waals surface area (Å²) in [6.45, 7) is 0. The van der Waals surface area contributed by atoms with Crippen molar-refractivity contribution in [2.24, 2.45) is 0 Å². The van der Waals surface area contributed by atoms with Gasteiger partial charge in [0.1, 0.15) is 0 Å². The fraction of sp³-hybridized carbons (Fsp3) is 0. The van der Waals surface area contributed by atoms with E-state index in [1.54, 1.807) is 0 Å². The predicted molar refractivity (Wildman–Crippen MR) is 133 cm³/mol. The zero-order chi connectivity index (χ0) is 27.0. The number of carboxylic acids is 4. The van der Waals surface area contributed by atoms with Gasteiger partial charge in [-0.15, -0.1) is 12.4 Å². The van der Waals surface area contributed by atoms with Gasteiger partial charge in [-0.1, -0.05) is 12.1 Å². The van der Waals surface area contributed by atoms with E-state index in [2.05, 4.69) is 0 Å². The fourth-order valence-corrected chi connectivity index (χ4v) is 3.75. The standard InChI is InChI=1S/C26H14O11.ClH/c27-21(28)13-3-1-11-7-19(17(23(31)32)9-15(11)5-13)25(35)37-26(36)20-8-12-2-4-14(22(29)30)6-16(12)10-18(20)24(33)34;/h1-10H,(H,27,28)(H,29,30)(H,31,32)(H,33,34);1H. The van der Waals surface area contributed by atoms with Gasteiger partial charge in [0, 0.05) is 0 Å². The number of hydrogen-bond donors (Lipinski definition) is 4. The first kappa shape index (κ1) is 27.3. The molecule has 0 bridgehead atoms. The molecule has 0 heterocycles. The van der Waals surface area contributed by atoms with Crippen LogP contribution in [0, 0.1) is 0 Å². The molecular formula is C26H15ClO11. The lowest BCUT2D eigenvalue weighted by Gasteiger charge is -2.11. The number of benzene rings is 4. The minimum atomic E-state index is -1.55. The van der Waals surface area contributed by atoms with Gasteiger partial charge in [-0.2, -0.15) is 0 Å². The number of halogens is 1. The van der Waals surface area contributed by atoms with E-state index >= 15 is 0 Å². The van der Waals surface area contributed by atoms with Crippen molar-refractivity contribution in [3.8, 4) is 0 Å². The Hall–Kier alpha value is -5.29. The van der Waals surface area contributed by atoms with E-state index in [-0.39, 0.29) is 34.3 Å². The molecule has 4 N–H and O–H groups in total. The van der Waals surface area contributed by atoms with Crippen LogP contribution in [0.5, 0.6) is 0 Å². The van der Waals surface area contributed by atoms with Crippen LogP contribution in [-0.4, -0.2) is 56.2 Å². The molecule has 0 spiro atoms. The van der Waals surface area contributed by atoms with Crippen LogP contribution in [0.2, 0.25) is 0 Å². The van der Waals surface area contributed by atoms with Gasteiger partial charge in [-0.25, -0.2) is 28.8 Å². The van der Waals surface area contributed by atoms with E-state index in [0.717, 1.165) is 24.3 Å². The lowest BCUT2D eigenvalue weighted by Crippen LogP contribution is -2.18. The molecule has 0 radical (unpaired) electrons. The molecule has 0 saturated heterocycles. The summed E-state index contributed by atoms with van der Waals surface area (Å²) < 4.78 is 4.83. The summed E-state index contributed by atoms with van der Waals surface area (Å²) in [6, 6.07) is 12.0. The van der Waals surface area contributed by atoms with Gasteiger partial charge in [-0.3, -0.25) is 0 Å². The van der Waals surface area contributed by atoms with Crippen LogP contribution >= 0.6 is 12.4 Å². The van der Waals surface area contributed by atoms with Crippen LogP contribution in [0.4, 0.5) is 0 Å². The van der Waals surface area contributed by atoms with Gasteiger partial charge in [0.2, 0.25) is 0 Å². The molecule has 12 heteroatoms. The summed E-state index contributed by atoms with van der Waals surface area (Å²) in [5.41, 5.74) is -2.37. The van der Waals surface area contributed by atoms with Crippen LogP contribution in [0.3, 0.4) is 0 Å². The number of esters is 2. The first-order valence-corrected chi connectivity index (χ1v) is 10.3. The SMILES string of the molecule is Cl.O=C(O)c1ccc2cc(C(=O)OC(=O)c3cc4ccc(C(=O)O)cc4cc3C(=O)O)c(C(=O)O)cc2c1. The van der Waals surface area contributed by atoms with Gasteiger partial charge in [0.25, 0.3) is 0 Å². The summed E-state index contributed by atoms with van der Waals surface area (Å²) in [5, 5.41) is 38.4. The average Bonchev–Trinajstić information content (AvgIpc) is 2.85. The van der Waals surface area contributed by atoms with E-state index in [0.29, 0.717) is 10.8 Å². The van der Waals surface area contributed by atoms with Crippen LogP contribution in [0.15, 0.2) is 60.7 Å². The Morgan fingerprint density at radius 2 is 0.789 bits per heavy atom. The molecule has 192 valence electrons. The van der Waals surface area contributed by atoms with Gasteiger partial charge < -0.3 is 25.2 Å². The summed E-state index contributed by atoms with van der Waals surface area (Å²) in [4.78, 5) is 71.6. The number of ether oxygens (including phenoxy) is 1. The number of rotatable bonds is 6. The molecule has 0 aliphatic rings. The van der Waals surface area contributed by atoms with E-state index in [1.807, 2.05) is 0 Å². The third-order valence-electron chi connectivity index (χ3n) is 5.53. The first-order valence-electron chi connectivity index (χ1n) is 10.3. The Bertz CT molecular complexity index is 1580. The van der Waals surface area contributed by atoms with Crippen molar-refractivity contribution in [2.75, 3.05) is 0 Å². The number of aromatic carboxylic acids is 4. The molecule has 4 rings (SSSR count). The second kappa shape index (κ2) is 10.4. The highest BCUT2D eigenvalue weighted by atomic mass is 35.5. The molecule has 0 aliphatic heterocycles. The van der Waals surface area contributed by atoms with Gasteiger partial charge in [0.15, 0.2) is 0 Å². The molecule has 4 aromatic carbocycles. The maximum Gasteiger partial charge on any atom is 0.346 e. The zero-order valence-electron chi connectivity index (χ0n) is 18.8. The van der Waals surface area contributed by atoms with E-state index in [9.17, 15) is 39.0 Å². The van der Waals surface area contributed by atoms with Crippen molar-refractivity contribution < 1.29 is 53.9 Å². The highest BCUT2D eigenvalue weighted by Gasteiger charge is 2.26. The molecule has 4 aromatic rings. The molecule has 0 atom stereocenters. The van der Waals surface area contributed by atoms with Crippen molar-refractivity contribution in [3.05, 3.63) is 94.0 Å². The maximum absolute atomic E-state index is 12.8. The minimum Gasteiger partial charge on any atom is -0.478 e. The summed E-state index contributed by atoms with van der Waals surface area (Å²) >= 11 is 0. The van der Waals surface area contributed by atoms with Crippen LogP contribution in [0.25, 0.3) is 21.5 Å². The van der Waals surface area contributed by atoms with Crippen LogP contribution in [0.1, 0.15) is 62.1 Å². The molecule has 0 unspecified atom stereocenters. The monoisotopic (exact) mass is 538 g/mol. The molecule has 0 saturated carbocycles. The topological polar surface area (TPSA) is 193 Å². The smallest absolute Gasteiger partial charge is 0.346 e. The second-order valence-electron chi connectivity index (χ2n) is 7.82. The zero-order valence-corrected chi connectivity index (χ0v) is 19.6. The number of carbonyl (C=O) groups is 6. The van der Waals surface area contributed by atoms with Crippen molar-refractivity contribution in [2.45, 2.75) is 0 Å². The molecule has 0 aromatic heterocycles. The largest absolute Gasteiger partial charge is 0.478 e. The highest BCUT2D eigenvalue weighted by Crippen LogP contribution is 2.26. The minimum absolute atomic E-state index is 0. The molecule has 11 nitrogen and oxygen atoms in total. The first-order chi connectivity index (χ1) is 17.5. The van der Waals surface area contributed by atoms with E-state index in [4.69, 9.17) is 14.9 Å². The molecule has 0 fully saturated rings. The number of carbonyl (C=O) groups excluding carboxylic acids is 2. The number of carboxylic acid groups (broad SMARTS) is 4. The Morgan fingerprint density at radius 1 is 0.447 bits per heavy atom. The Kier molecular flexibility index (Phi) is 7.45. The van der Waals surface area contributed by atoms with Crippen molar-refractivity contribution in [1.82, 2.24) is 0 Å². The summed E-state index contributed by atoms with van der Waals surface area (Å²) in [7, 11) is 0. The lowest BCUT2D eigenvalue weighted by atomic mass is 9.98. The van der Waals surface area contributed by atoms with E-state index in [1.165, 1.54) is 36.4 Å². The van der Waals surface area contributed by atoms with E-state index < -0.39 is 58.1 Å². The summed E-state index contributed by atoms with van der Waals surface area (Å²) in [6.07, 6.45) is 0. The van der Waals surface area contributed by atoms with Crippen molar-refractivity contribution in [1.29, 1.82) is 0 Å². The van der Waals surface area contributed by atoms with Gasteiger partial charge in [0.05, 0.1) is 33.4 Å². The normalized spacial score (nSPS) is 10.4.